The van der Waals surface area contributed by atoms with E-state index in [9.17, 15) is 4.79 Å². The second-order valence-corrected chi connectivity index (χ2v) is 2.97. The van der Waals surface area contributed by atoms with Crippen LogP contribution in [0.3, 0.4) is 0 Å². The van der Waals surface area contributed by atoms with Crippen molar-refractivity contribution < 1.29 is 14.3 Å². The average Bonchev–Trinajstić information content (AvgIpc) is 2.50. The van der Waals surface area contributed by atoms with Crippen LogP contribution < -0.4 is 0 Å². The van der Waals surface area contributed by atoms with Gasteiger partial charge in [0, 0.05) is 20.6 Å². The maximum absolute atomic E-state index is 10.8. The zero-order valence-corrected chi connectivity index (χ0v) is 11.8. The summed E-state index contributed by atoms with van der Waals surface area (Å²) in [7, 11) is 4.66. The summed E-state index contributed by atoms with van der Waals surface area (Å²) in [5.74, 6) is -0.154. The first-order chi connectivity index (χ1) is 9.24. The molecule has 0 aliphatic carbocycles. The van der Waals surface area contributed by atoms with E-state index in [1.165, 1.54) is 12.7 Å². The van der Waals surface area contributed by atoms with Gasteiger partial charge in [0.2, 0.25) is 0 Å². The molecule has 0 unspecified atom stereocenters. The number of terminal acetylenes is 2. The number of hydrogen-bond acceptors (Lipinski definition) is 3. The summed E-state index contributed by atoms with van der Waals surface area (Å²) in [4.78, 5) is 10.8. The molecule has 104 valence electrons. The summed E-state index contributed by atoms with van der Waals surface area (Å²) in [6.07, 6.45) is 17.2. The summed E-state index contributed by atoms with van der Waals surface area (Å²) in [6, 6.07) is 9.90. The topological polar surface area (TPSA) is 35.5 Å². The quantitative estimate of drug-likeness (QED) is 0.620. The lowest BCUT2D eigenvalue weighted by atomic mass is 10.1. The van der Waals surface area contributed by atoms with Crippen LogP contribution in [-0.2, 0) is 20.7 Å². The van der Waals surface area contributed by atoms with Crippen molar-refractivity contribution in [3.63, 3.8) is 0 Å². The van der Waals surface area contributed by atoms with Gasteiger partial charge in [-0.2, -0.15) is 0 Å². The van der Waals surface area contributed by atoms with Crippen molar-refractivity contribution in [1.29, 1.82) is 0 Å². The Morgan fingerprint density at radius 1 is 1.00 bits per heavy atom. The fraction of sp³-hybridized carbons (Fsp3) is 0.312. The standard InChI is InChI=1S/C10H12O2.C2H6O.2C2H2/c1-12-10(11)8-7-9-5-3-2-4-6-9;1-3-2;2*1-2/h2-6H,7-8H2,1H3;1-2H3;2*1-2H. The van der Waals surface area contributed by atoms with E-state index < -0.39 is 0 Å². The van der Waals surface area contributed by atoms with Gasteiger partial charge in [-0.25, -0.2) is 0 Å². The Labute approximate surface area is 116 Å². The smallest absolute Gasteiger partial charge is 0.305 e. The molecule has 1 aromatic rings. The van der Waals surface area contributed by atoms with Crippen molar-refractivity contribution in [2.24, 2.45) is 0 Å². The highest BCUT2D eigenvalue weighted by molar-refractivity contribution is 5.69. The van der Waals surface area contributed by atoms with Crippen LogP contribution in [0.25, 0.3) is 0 Å². The lowest BCUT2D eigenvalue weighted by Crippen LogP contribution is -2.01. The van der Waals surface area contributed by atoms with Crippen LogP contribution in [0.5, 0.6) is 0 Å². The molecule has 0 atom stereocenters. The molecule has 0 bridgehead atoms. The van der Waals surface area contributed by atoms with Gasteiger partial charge in [-0.05, 0) is 12.0 Å². The highest BCUT2D eigenvalue weighted by atomic mass is 16.5. The van der Waals surface area contributed by atoms with E-state index in [1.54, 1.807) is 14.2 Å². The molecule has 19 heavy (non-hydrogen) atoms. The number of benzene rings is 1. The highest BCUT2D eigenvalue weighted by Gasteiger charge is 1.99. The normalized spacial score (nSPS) is 7.11. The van der Waals surface area contributed by atoms with Crippen LogP contribution >= 0.6 is 0 Å². The van der Waals surface area contributed by atoms with Crippen LogP contribution in [-0.4, -0.2) is 27.3 Å². The Kier molecular flexibility index (Phi) is 24.4. The van der Waals surface area contributed by atoms with E-state index in [0.717, 1.165) is 6.42 Å². The lowest BCUT2D eigenvalue weighted by Gasteiger charge is -1.98. The molecule has 1 aromatic carbocycles. The van der Waals surface area contributed by atoms with Crippen molar-refractivity contribution in [2.45, 2.75) is 12.8 Å². The minimum Gasteiger partial charge on any atom is -0.469 e. The molecule has 0 amide bonds. The predicted octanol–water partition coefficient (Wildman–Crippen LogP) is 2.55. The Balaban J connectivity index is -0.000000313. The van der Waals surface area contributed by atoms with Crippen LogP contribution in [0.15, 0.2) is 30.3 Å². The third kappa shape index (κ3) is 18.3. The largest absolute Gasteiger partial charge is 0.469 e. The van der Waals surface area contributed by atoms with E-state index in [1.807, 2.05) is 30.3 Å². The van der Waals surface area contributed by atoms with Crippen molar-refractivity contribution in [2.75, 3.05) is 21.3 Å². The molecular formula is C16H22O3. The SMILES string of the molecule is C#C.C#C.COC.COC(=O)CCc1ccccc1. The van der Waals surface area contributed by atoms with E-state index in [2.05, 4.69) is 35.2 Å². The Morgan fingerprint density at radius 2 is 1.42 bits per heavy atom. The van der Waals surface area contributed by atoms with Crippen LogP contribution in [0.1, 0.15) is 12.0 Å². The number of carbonyl (C=O) groups is 1. The molecule has 3 nitrogen and oxygen atoms in total. The number of methoxy groups -OCH3 is 2. The van der Waals surface area contributed by atoms with E-state index in [4.69, 9.17) is 0 Å². The fourth-order valence-corrected chi connectivity index (χ4v) is 0.993. The maximum atomic E-state index is 10.8. The number of aryl methyl sites for hydroxylation is 1. The number of hydrogen-bond donors (Lipinski definition) is 0. The van der Waals surface area contributed by atoms with E-state index in [0.29, 0.717) is 6.42 Å². The monoisotopic (exact) mass is 262 g/mol. The molecule has 0 aliphatic heterocycles. The minimum atomic E-state index is -0.154. The summed E-state index contributed by atoms with van der Waals surface area (Å²) in [5, 5.41) is 0. The molecule has 0 aromatic heterocycles. The van der Waals surface area contributed by atoms with Crippen LogP contribution in [0.4, 0.5) is 0 Å². The Bertz CT molecular complexity index is 320. The molecule has 0 radical (unpaired) electrons. The van der Waals surface area contributed by atoms with Crippen molar-refractivity contribution in [1.82, 2.24) is 0 Å². The third-order valence-corrected chi connectivity index (χ3v) is 1.69. The van der Waals surface area contributed by atoms with E-state index in [-0.39, 0.29) is 5.97 Å². The first-order valence-corrected chi connectivity index (χ1v) is 5.42. The Hall–Kier alpha value is -2.23. The molecule has 0 N–H and O–H groups in total. The van der Waals surface area contributed by atoms with Crippen molar-refractivity contribution in [3.8, 4) is 25.7 Å². The molecular weight excluding hydrogens is 240 g/mol. The molecule has 0 spiro atoms. The van der Waals surface area contributed by atoms with Gasteiger partial charge in [-0.15, -0.1) is 25.7 Å². The summed E-state index contributed by atoms with van der Waals surface area (Å²) in [6.45, 7) is 0. The van der Waals surface area contributed by atoms with Gasteiger partial charge in [-0.3, -0.25) is 4.79 Å². The van der Waals surface area contributed by atoms with Gasteiger partial charge < -0.3 is 9.47 Å². The average molecular weight is 262 g/mol. The Morgan fingerprint density at radius 3 is 1.79 bits per heavy atom. The summed E-state index contributed by atoms with van der Waals surface area (Å²) < 4.78 is 8.78. The van der Waals surface area contributed by atoms with Gasteiger partial charge in [0.25, 0.3) is 0 Å². The zero-order valence-electron chi connectivity index (χ0n) is 11.8. The molecule has 0 fully saturated rings. The second kappa shape index (κ2) is 21.1. The summed E-state index contributed by atoms with van der Waals surface area (Å²) in [5.41, 5.74) is 1.17. The lowest BCUT2D eigenvalue weighted by molar-refractivity contribution is -0.140. The molecule has 0 heterocycles. The molecule has 3 heteroatoms. The van der Waals surface area contributed by atoms with Gasteiger partial charge in [-0.1, -0.05) is 30.3 Å². The van der Waals surface area contributed by atoms with Gasteiger partial charge in [0.1, 0.15) is 0 Å². The number of carbonyl (C=O) groups excluding carboxylic acids is 1. The maximum Gasteiger partial charge on any atom is 0.305 e. The number of ether oxygens (including phenoxy) is 2. The molecule has 1 rings (SSSR count). The van der Waals surface area contributed by atoms with Gasteiger partial charge >= 0.3 is 5.97 Å². The van der Waals surface area contributed by atoms with Gasteiger partial charge in [0.15, 0.2) is 0 Å². The number of rotatable bonds is 3. The first-order valence-electron chi connectivity index (χ1n) is 5.42. The van der Waals surface area contributed by atoms with Crippen molar-refractivity contribution in [3.05, 3.63) is 35.9 Å². The minimum absolute atomic E-state index is 0.154. The molecule has 0 aliphatic rings. The molecule has 0 saturated carbocycles. The zero-order chi connectivity index (χ0) is 15.5. The predicted molar refractivity (Wildman–Crippen MR) is 79.5 cm³/mol. The van der Waals surface area contributed by atoms with Gasteiger partial charge in [0.05, 0.1) is 7.11 Å². The second-order valence-electron chi connectivity index (χ2n) is 2.97. The van der Waals surface area contributed by atoms with Crippen LogP contribution in [0, 0.1) is 25.7 Å². The highest BCUT2D eigenvalue weighted by Crippen LogP contribution is 2.02. The molecule has 0 saturated heterocycles. The first kappa shape index (κ1) is 22.0. The van der Waals surface area contributed by atoms with Crippen molar-refractivity contribution >= 4 is 5.97 Å². The number of esters is 1. The third-order valence-electron chi connectivity index (χ3n) is 1.69. The summed E-state index contributed by atoms with van der Waals surface area (Å²) >= 11 is 0. The fourth-order valence-electron chi connectivity index (χ4n) is 0.993. The van der Waals surface area contributed by atoms with Crippen LogP contribution in [0.2, 0.25) is 0 Å². The van der Waals surface area contributed by atoms with E-state index >= 15 is 0 Å².